The van der Waals surface area contributed by atoms with E-state index in [4.69, 9.17) is 15.9 Å². The van der Waals surface area contributed by atoms with E-state index in [1.165, 1.54) is 0 Å². The summed E-state index contributed by atoms with van der Waals surface area (Å²) in [6.45, 7) is 3.38. The number of hydrogen-bond donors (Lipinski definition) is 3. The number of esters is 1. The maximum absolute atomic E-state index is 11.8. The molecule has 0 amide bonds. The topological polar surface area (TPSA) is 88.2 Å². The number of ether oxygens (including phenoxy) is 1. The number of unbranched alkanes of at least 4 members (excludes halogenated alkanes) is 1. The molecule has 104 valence electrons. The quantitative estimate of drug-likeness (QED) is 0.291. The Hall–Kier alpha value is -1.26. The molecular weight excluding hydrogens is 230 g/mol. The Bertz CT molecular complexity index is 273. The van der Waals surface area contributed by atoms with Crippen LogP contribution in [-0.2, 0) is 9.53 Å². The zero-order valence-corrected chi connectivity index (χ0v) is 11.2. The highest BCUT2D eigenvalue weighted by Gasteiger charge is 2.27. The van der Waals surface area contributed by atoms with Gasteiger partial charge in [0.1, 0.15) is 0 Å². The van der Waals surface area contributed by atoms with Crippen molar-refractivity contribution in [3.63, 3.8) is 0 Å². The Morgan fingerprint density at radius 2 is 2.06 bits per heavy atom. The second-order valence-electron chi connectivity index (χ2n) is 5.03. The van der Waals surface area contributed by atoms with Gasteiger partial charge in [-0.15, -0.1) is 0 Å². The van der Waals surface area contributed by atoms with Crippen LogP contribution < -0.4 is 11.1 Å². The predicted octanol–water partition coefficient (Wildman–Crippen LogP) is 1.62. The lowest BCUT2D eigenvalue weighted by Crippen LogP contribution is -2.36. The number of nitrogens with two attached hydrogens (primary N) is 1. The van der Waals surface area contributed by atoms with E-state index in [1.807, 2.05) is 0 Å². The molecule has 5 nitrogen and oxygen atoms in total. The highest BCUT2D eigenvalue weighted by molar-refractivity contribution is 5.74. The van der Waals surface area contributed by atoms with Crippen molar-refractivity contribution in [2.75, 3.05) is 13.2 Å². The largest absolute Gasteiger partial charge is 0.465 e. The lowest BCUT2D eigenvalue weighted by atomic mass is 9.82. The molecule has 0 spiro atoms. The predicted molar refractivity (Wildman–Crippen MR) is 71.2 cm³/mol. The molecule has 0 heterocycles. The van der Waals surface area contributed by atoms with Crippen molar-refractivity contribution < 1.29 is 9.53 Å². The van der Waals surface area contributed by atoms with Crippen LogP contribution in [0.2, 0.25) is 0 Å². The van der Waals surface area contributed by atoms with Gasteiger partial charge in [-0.1, -0.05) is 13.3 Å². The fourth-order valence-corrected chi connectivity index (χ4v) is 2.29. The molecule has 4 N–H and O–H groups in total. The summed E-state index contributed by atoms with van der Waals surface area (Å²) in [6.07, 6.45) is 5.81. The van der Waals surface area contributed by atoms with E-state index in [1.54, 1.807) is 0 Å². The number of rotatable bonds is 6. The first-order valence-electron chi connectivity index (χ1n) is 6.88. The van der Waals surface area contributed by atoms with Gasteiger partial charge in [0, 0.05) is 6.54 Å². The van der Waals surface area contributed by atoms with E-state index in [9.17, 15) is 4.79 Å². The lowest BCUT2D eigenvalue weighted by Gasteiger charge is -2.27. The lowest BCUT2D eigenvalue weighted by molar-refractivity contribution is -0.150. The number of hydrogen-bond acceptors (Lipinski definition) is 3. The van der Waals surface area contributed by atoms with Crippen molar-refractivity contribution in [3.05, 3.63) is 0 Å². The molecule has 5 heteroatoms. The zero-order valence-electron chi connectivity index (χ0n) is 11.2. The van der Waals surface area contributed by atoms with Crippen molar-refractivity contribution in [2.45, 2.75) is 45.4 Å². The molecule has 0 aromatic heterocycles. The van der Waals surface area contributed by atoms with Crippen LogP contribution in [-0.4, -0.2) is 25.1 Å². The van der Waals surface area contributed by atoms with Gasteiger partial charge in [-0.2, -0.15) is 0 Å². The molecule has 0 aromatic rings. The molecule has 0 radical (unpaired) electrons. The van der Waals surface area contributed by atoms with E-state index >= 15 is 0 Å². The van der Waals surface area contributed by atoms with Crippen LogP contribution >= 0.6 is 0 Å². The van der Waals surface area contributed by atoms with Gasteiger partial charge in [0.05, 0.1) is 12.5 Å². The van der Waals surface area contributed by atoms with Crippen molar-refractivity contribution in [3.8, 4) is 0 Å². The maximum atomic E-state index is 11.8. The molecule has 1 saturated carbocycles. The molecule has 0 unspecified atom stereocenters. The number of nitrogens with one attached hydrogen (secondary N) is 2. The third kappa shape index (κ3) is 5.38. The SMILES string of the molecule is CCCCOC(=O)[C@H]1CC[C@H](CNC(=N)N)CC1. The highest BCUT2D eigenvalue weighted by atomic mass is 16.5. The van der Waals surface area contributed by atoms with Crippen molar-refractivity contribution in [2.24, 2.45) is 17.6 Å². The van der Waals surface area contributed by atoms with E-state index in [-0.39, 0.29) is 17.8 Å². The number of guanidine groups is 1. The molecular formula is C13H25N3O2. The molecule has 0 aromatic carbocycles. The summed E-state index contributed by atoms with van der Waals surface area (Å²) in [5.74, 6) is 0.599. The van der Waals surface area contributed by atoms with Crippen LogP contribution in [0, 0.1) is 17.2 Å². The van der Waals surface area contributed by atoms with Gasteiger partial charge in [-0.05, 0) is 38.0 Å². The Kier molecular flexibility index (Phi) is 6.54. The Morgan fingerprint density at radius 1 is 1.39 bits per heavy atom. The molecule has 0 saturated heterocycles. The molecule has 0 bridgehead atoms. The van der Waals surface area contributed by atoms with Gasteiger partial charge in [0.25, 0.3) is 0 Å². The van der Waals surface area contributed by atoms with E-state index in [0.717, 1.165) is 45.1 Å². The maximum Gasteiger partial charge on any atom is 0.308 e. The zero-order chi connectivity index (χ0) is 13.4. The van der Waals surface area contributed by atoms with Gasteiger partial charge in [0.15, 0.2) is 5.96 Å². The smallest absolute Gasteiger partial charge is 0.308 e. The number of carbonyl (C=O) groups is 1. The summed E-state index contributed by atoms with van der Waals surface area (Å²) in [4.78, 5) is 11.8. The first kappa shape index (κ1) is 14.8. The molecule has 0 aliphatic heterocycles. The third-order valence-corrected chi connectivity index (χ3v) is 3.50. The van der Waals surface area contributed by atoms with Gasteiger partial charge in [-0.25, -0.2) is 0 Å². The highest BCUT2D eigenvalue weighted by Crippen LogP contribution is 2.29. The average Bonchev–Trinajstić information content (AvgIpc) is 2.37. The second-order valence-corrected chi connectivity index (χ2v) is 5.03. The normalized spacial score (nSPS) is 23.4. The molecule has 1 fully saturated rings. The van der Waals surface area contributed by atoms with Gasteiger partial charge < -0.3 is 15.8 Å². The van der Waals surface area contributed by atoms with E-state index < -0.39 is 0 Å². The minimum Gasteiger partial charge on any atom is -0.465 e. The minimum atomic E-state index is -0.0265. The fourth-order valence-electron chi connectivity index (χ4n) is 2.29. The Morgan fingerprint density at radius 3 is 2.61 bits per heavy atom. The van der Waals surface area contributed by atoms with E-state index in [2.05, 4.69) is 12.2 Å². The third-order valence-electron chi connectivity index (χ3n) is 3.50. The van der Waals surface area contributed by atoms with Gasteiger partial charge >= 0.3 is 5.97 Å². The number of carbonyl (C=O) groups excluding carboxylic acids is 1. The monoisotopic (exact) mass is 255 g/mol. The molecule has 1 rings (SSSR count). The van der Waals surface area contributed by atoms with Crippen molar-refractivity contribution >= 4 is 11.9 Å². The van der Waals surface area contributed by atoms with E-state index in [0.29, 0.717) is 12.5 Å². The first-order valence-corrected chi connectivity index (χ1v) is 6.88. The summed E-state index contributed by atoms with van der Waals surface area (Å²) in [5, 5.41) is 9.95. The molecule has 1 aliphatic rings. The van der Waals surface area contributed by atoms with Crippen LogP contribution in [0.5, 0.6) is 0 Å². The van der Waals surface area contributed by atoms with Crippen LogP contribution in [0.3, 0.4) is 0 Å². The van der Waals surface area contributed by atoms with Gasteiger partial charge in [-0.3, -0.25) is 10.2 Å². The minimum absolute atomic E-state index is 0.0242. The van der Waals surface area contributed by atoms with Crippen LogP contribution in [0.1, 0.15) is 45.4 Å². The van der Waals surface area contributed by atoms with Crippen LogP contribution in [0.15, 0.2) is 0 Å². The Labute approximate surface area is 109 Å². The first-order chi connectivity index (χ1) is 8.63. The molecule has 0 atom stereocenters. The van der Waals surface area contributed by atoms with Crippen molar-refractivity contribution in [1.29, 1.82) is 5.41 Å². The summed E-state index contributed by atoms with van der Waals surface area (Å²) in [5.41, 5.74) is 5.25. The summed E-state index contributed by atoms with van der Waals surface area (Å²) < 4.78 is 5.25. The molecule has 1 aliphatic carbocycles. The standard InChI is InChI=1S/C13H25N3O2/c1-2-3-8-18-12(17)11-6-4-10(5-7-11)9-16-13(14)15/h10-11H,2-9H2,1H3,(H4,14,15,16)/t10-,11-. The average molecular weight is 255 g/mol. The fraction of sp³-hybridized carbons (Fsp3) is 0.846. The van der Waals surface area contributed by atoms with Crippen LogP contribution in [0.4, 0.5) is 0 Å². The second kappa shape index (κ2) is 7.95. The van der Waals surface area contributed by atoms with Gasteiger partial charge in [0.2, 0.25) is 0 Å². The molecule has 18 heavy (non-hydrogen) atoms. The summed E-state index contributed by atoms with van der Waals surface area (Å²) in [7, 11) is 0. The summed E-state index contributed by atoms with van der Waals surface area (Å²) in [6, 6.07) is 0. The Balaban J connectivity index is 2.17. The van der Waals surface area contributed by atoms with Crippen molar-refractivity contribution in [1.82, 2.24) is 5.32 Å². The van der Waals surface area contributed by atoms with Crippen LogP contribution in [0.25, 0.3) is 0 Å². The summed E-state index contributed by atoms with van der Waals surface area (Å²) >= 11 is 0.